The molecule has 7 nitrogen and oxygen atoms in total. The second-order valence-corrected chi connectivity index (χ2v) is 9.88. The Labute approximate surface area is 180 Å². The molecule has 0 aliphatic carbocycles. The molecule has 3 heterocycles. The van der Waals surface area contributed by atoms with Crippen molar-refractivity contribution in [2.45, 2.75) is 44.7 Å². The number of hydrogen-bond acceptors (Lipinski definition) is 4. The fourth-order valence-electron chi connectivity index (χ4n) is 4.45. The zero-order valence-electron chi connectivity index (χ0n) is 16.8. The van der Waals surface area contributed by atoms with Crippen molar-refractivity contribution >= 4 is 28.5 Å². The molecule has 9 heteroatoms. The minimum atomic E-state index is -3.41. The van der Waals surface area contributed by atoms with E-state index < -0.39 is 10.2 Å². The lowest BCUT2D eigenvalue weighted by molar-refractivity contribution is -0.133. The molecule has 1 aromatic carbocycles. The van der Waals surface area contributed by atoms with Gasteiger partial charge in [0.05, 0.1) is 6.04 Å². The van der Waals surface area contributed by atoms with E-state index in [-0.39, 0.29) is 24.4 Å². The number of carbonyl (C=O) groups is 1. The molecule has 2 saturated heterocycles. The maximum absolute atomic E-state index is 13.1. The fraction of sp³-hybridized carbons (Fsp3) is 0.650. The average Bonchev–Trinajstić information content (AvgIpc) is 3.00. The Bertz CT molecular complexity index is 814. The highest BCUT2D eigenvalue weighted by Gasteiger charge is 2.34. The maximum atomic E-state index is 13.1. The lowest BCUT2D eigenvalue weighted by atomic mass is 9.95. The van der Waals surface area contributed by atoms with Gasteiger partial charge in [0.25, 0.3) is 10.2 Å². The molecule has 0 radical (unpaired) electrons. The molecule has 4 rings (SSSR count). The minimum Gasteiger partial charge on any atom is -0.340 e. The third-order valence-electron chi connectivity index (χ3n) is 6.11. The molecule has 3 aliphatic rings. The van der Waals surface area contributed by atoms with Crippen LogP contribution >= 0.6 is 12.4 Å². The number of hydrogen-bond donors (Lipinski definition) is 1. The third-order valence-corrected chi connectivity index (χ3v) is 8.15. The van der Waals surface area contributed by atoms with Crippen molar-refractivity contribution in [2.24, 2.45) is 0 Å². The molecule has 162 valence electrons. The van der Waals surface area contributed by atoms with Crippen LogP contribution in [0.5, 0.6) is 0 Å². The van der Waals surface area contributed by atoms with Crippen LogP contribution in [0.2, 0.25) is 0 Å². The van der Waals surface area contributed by atoms with Gasteiger partial charge in [-0.1, -0.05) is 30.7 Å². The van der Waals surface area contributed by atoms with Gasteiger partial charge in [0.1, 0.15) is 0 Å². The zero-order chi connectivity index (χ0) is 19.6. The number of nitrogens with one attached hydrogen (secondary N) is 1. The van der Waals surface area contributed by atoms with Crippen LogP contribution in [0.1, 0.15) is 36.8 Å². The summed E-state index contributed by atoms with van der Waals surface area (Å²) in [6.07, 6.45) is 4.36. The average molecular weight is 443 g/mol. The van der Waals surface area contributed by atoms with E-state index in [2.05, 4.69) is 17.4 Å². The Morgan fingerprint density at radius 2 is 1.52 bits per heavy atom. The number of benzene rings is 1. The highest BCUT2D eigenvalue weighted by molar-refractivity contribution is 7.86. The Morgan fingerprint density at radius 3 is 2.28 bits per heavy atom. The number of nitrogens with zero attached hydrogens (tertiary/aromatic N) is 3. The second-order valence-electron chi connectivity index (χ2n) is 7.95. The zero-order valence-corrected chi connectivity index (χ0v) is 18.4. The molecule has 1 atom stereocenters. The monoisotopic (exact) mass is 442 g/mol. The van der Waals surface area contributed by atoms with Crippen LogP contribution in [0.15, 0.2) is 24.3 Å². The molecular weight excluding hydrogens is 412 g/mol. The SMILES string of the molecule is Cl.O=C([C@H]1Cc2ccccc2CN1)N1CCCN(S(=O)(=O)N2CCCCC2)CC1. The van der Waals surface area contributed by atoms with Crippen molar-refractivity contribution in [3.63, 3.8) is 0 Å². The molecule has 1 N–H and O–H groups in total. The number of carbonyl (C=O) groups excluding carboxylic acids is 1. The lowest BCUT2D eigenvalue weighted by Gasteiger charge is -2.32. The molecule has 0 unspecified atom stereocenters. The van der Waals surface area contributed by atoms with E-state index in [1.165, 1.54) is 11.1 Å². The maximum Gasteiger partial charge on any atom is 0.282 e. The van der Waals surface area contributed by atoms with E-state index in [4.69, 9.17) is 0 Å². The Balaban J connectivity index is 0.00000240. The third kappa shape index (κ3) is 4.94. The van der Waals surface area contributed by atoms with Crippen LogP contribution in [0.4, 0.5) is 0 Å². The number of amides is 1. The standard InChI is InChI=1S/C20H30N4O3S.ClH/c25-20(19-15-17-7-2-3-8-18(17)16-21-19)22-9-6-12-24(14-13-22)28(26,27)23-10-4-1-5-11-23;/h2-3,7-8,19,21H,1,4-6,9-16H2;1H/t19-;/m1./s1. The van der Waals surface area contributed by atoms with Crippen LogP contribution < -0.4 is 5.32 Å². The number of piperidine rings is 1. The molecule has 29 heavy (non-hydrogen) atoms. The first-order valence-electron chi connectivity index (χ1n) is 10.4. The van der Waals surface area contributed by atoms with Gasteiger partial charge in [0.2, 0.25) is 5.91 Å². The predicted octanol–water partition coefficient (Wildman–Crippen LogP) is 1.39. The molecule has 1 aromatic rings. The van der Waals surface area contributed by atoms with Gasteiger partial charge in [-0.15, -0.1) is 12.4 Å². The van der Waals surface area contributed by atoms with E-state index in [9.17, 15) is 13.2 Å². The predicted molar refractivity (Wildman–Crippen MR) is 115 cm³/mol. The van der Waals surface area contributed by atoms with Gasteiger partial charge in [0.15, 0.2) is 0 Å². The first-order valence-corrected chi connectivity index (χ1v) is 11.8. The first kappa shape index (κ1) is 22.5. The van der Waals surface area contributed by atoms with Gasteiger partial charge < -0.3 is 10.2 Å². The van der Waals surface area contributed by atoms with Crippen LogP contribution in [-0.2, 0) is 28.0 Å². The van der Waals surface area contributed by atoms with E-state index in [1.807, 2.05) is 17.0 Å². The molecule has 0 bridgehead atoms. The molecule has 2 fully saturated rings. The summed E-state index contributed by atoms with van der Waals surface area (Å²) >= 11 is 0. The Morgan fingerprint density at radius 1 is 0.862 bits per heavy atom. The summed E-state index contributed by atoms with van der Waals surface area (Å²) in [7, 11) is -3.41. The van der Waals surface area contributed by atoms with Crippen LogP contribution in [-0.4, -0.2) is 73.1 Å². The molecule has 0 aromatic heterocycles. The van der Waals surface area contributed by atoms with Gasteiger partial charge in [-0.2, -0.15) is 17.0 Å². The molecule has 0 spiro atoms. The van der Waals surface area contributed by atoms with E-state index in [1.54, 1.807) is 8.61 Å². The molecule has 1 amide bonds. The summed E-state index contributed by atoms with van der Waals surface area (Å²) in [5.41, 5.74) is 2.48. The molecular formula is C20H31ClN4O3S. The van der Waals surface area contributed by atoms with Crippen molar-refractivity contribution in [3.8, 4) is 0 Å². The fourth-order valence-corrected chi connectivity index (χ4v) is 6.17. The number of rotatable bonds is 3. The smallest absolute Gasteiger partial charge is 0.282 e. The highest BCUT2D eigenvalue weighted by atomic mass is 35.5. The second kappa shape index (κ2) is 9.75. The van der Waals surface area contributed by atoms with Crippen molar-refractivity contribution in [1.82, 2.24) is 18.8 Å². The largest absolute Gasteiger partial charge is 0.340 e. The molecule has 0 saturated carbocycles. The topological polar surface area (TPSA) is 73.0 Å². The van der Waals surface area contributed by atoms with Crippen molar-refractivity contribution in [1.29, 1.82) is 0 Å². The van der Waals surface area contributed by atoms with Gasteiger partial charge in [-0.3, -0.25) is 4.79 Å². The summed E-state index contributed by atoms with van der Waals surface area (Å²) in [5.74, 6) is 0.0896. The quantitative estimate of drug-likeness (QED) is 0.767. The summed E-state index contributed by atoms with van der Waals surface area (Å²) < 4.78 is 29.1. The number of fused-ring (bicyclic) bond motifs is 1. The normalized spacial score (nSPS) is 24.3. The summed E-state index contributed by atoms with van der Waals surface area (Å²) in [4.78, 5) is 14.9. The molecule has 3 aliphatic heterocycles. The van der Waals surface area contributed by atoms with Crippen LogP contribution in [0.3, 0.4) is 0 Å². The van der Waals surface area contributed by atoms with Gasteiger partial charge in [-0.05, 0) is 36.8 Å². The van der Waals surface area contributed by atoms with Gasteiger partial charge in [-0.25, -0.2) is 0 Å². The van der Waals surface area contributed by atoms with Gasteiger partial charge >= 0.3 is 0 Å². The summed E-state index contributed by atoms with van der Waals surface area (Å²) in [5, 5.41) is 3.35. The van der Waals surface area contributed by atoms with E-state index in [0.717, 1.165) is 19.3 Å². The van der Waals surface area contributed by atoms with Crippen molar-refractivity contribution < 1.29 is 13.2 Å². The highest BCUT2D eigenvalue weighted by Crippen LogP contribution is 2.20. The first-order chi connectivity index (χ1) is 13.6. The Hall–Kier alpha value is -1.19. The number of halogens is 1. The van der Waals surface area contributed by atoms with Gasteiger partial charge in [0, 0.05) is 45.8 Å². The summed E-state index contributed by atoms with van der Waals surface area (Å²) in [6, 6.07) is 8.00. The van der Waals surface area contributed by atoms with E-state index >= 15 is 0 Å². The minimum absolute atomic E-state index is 0. The van der Waals surface area contributed by atoms with Crippen molar-refractivity contribution in [3.05, 3.63) is 35.4 Å². The Kier molecular flexibility index (Phi) is 7.56. The summed E-state index contributed by atoms with van der Waals surface area (Å²) in [6.45, 7) is 3.89. The van der Waals surface area contributed by atoms with Crippen LogP contribution in [0.25, 0.3) is 0 Å². The lowest BCUT2D eigenvalue weighted by Crippen LogP contribution is -2.51. The van der Waals surface area contributed by atoms with E-state index in [0.29, 0.717) is 58.7 Å². The van der Waals surface area contributed by atoms with Crippen LogP contribution in [0, 0.1) is 0 Å². The van der Waals surface area contributed by atoms with Crippen molar-refractivity contribution in [2.75, 3.05) is 39.3 Å².